The second-order valence-electron chi connectivity index (χ2n) is 5.45. The smallest absolute Gasteiger partial charge is 0.415 e. The van der Waals surface area contributed by atoms with Crippen molar-refractivity contribution in [3.63, 3.8) is 0 Å². The van der Waals surface area contributed by atoms with Crippen molar-refractivity contribution in [3.8, 4) is 5.75 Å². The Morgan fingerprint density at radius 1 is 1.32 bits per heavy atom. The summed E-state index contributed by atoms with van der Waals surface area (Å²) in [6.45, 7) is -0.209. The first-order valence-corrected chi connectivity index (χ1v) is 7.65. The highest BCUT2D eigenvalue weighted by atomic mass is 35.5. The number of benzene rings is 1. The quantitative estimate of drug-likeness (QED) is 0.823. The maximum atomic E-state index is 13.0. The van der Waals surface area contributed by atoms with E-state index in [1.165, 1.54) is 6.07 Å². The van der Waals surface area contributed by atoms with Crippen LogP contribution in [0.4, 0.5) is 13.2 Å². The zero-order valence-corrected chi connectivity index (χ0v) is 12.8. The molecule has 0 aromatic heterocycles. The van der Waals surface area contributed by atoms with Crippen LogP contribution in [0, 0.1) is 0 Å². The van der Waals surface area contributed by atoms with Gasteiger partial charge in [0.15, 0.2) is 6.10 Å². The molecule has 1 fully saturated rings. The van der Waals surface area contributed by atoms with Crippen LogP contribution in [0.25, 0.3) is 0 Å². The average molecular weight is 338 g/mol. The highest BCUT2D eigenvalue weighted by molar-refractivity contribution is 6.32. The van der Waals surface area contributed by atoms with Crippen LogP contribution in [-0.2, 0) is 11.3 Å². The van der Waals surface area contributed by atoms with Crippen molar-refractivity contribution in [2.75, 3.05) is 6.54 Å². The summed E-state index contributed by atoms with van der Waals surface area (Å²) in [5, 5.41) is 12.3. The molecule has 0 aliphatic heterocycles. The van der Waals surface area contributed by atoms with Crippen LogP contribution in [0.1, 0.15) is 31.2 Å². The van der Waals surface area contributed by atoms with E-state index in [9.17, 15) is 18.3 Å². The van der Waals surface area contributed by atoms with Crippen molar-refractivity contribution < 1.29 is 23.0 Å². The molecule has 1 aromatic carbocycles. The summed E-state index contributed by atoms with van der Waals surface area (Å²) in [7, 11) is 0. The topological polar surface area (TPSA) is 41.5 Å². The third-order valence-electron chi connectivity index (χ3n) is 3.73. The van der Waals surface area contributed by atoms with Gasteiger partial charge >= 0.3 is 6.18 Å². The fourth-order valence-corrected chi connectivity index (χ4v) is 2.73. The summed E-state index contributed by atoms with van der Waals surface area (Å²) in [5.74, 6) is -0.0875. The van der Waals surface area contributed by atoms with Crippen LogP contribution >= 0.6 is 11.6 Å². The van der Waals surface area contributed by atoms with Crippen molar-refractivity contribution >= 4 is 11.6 Å². The first kappa shape index (κ1) is 17.4. The van der Waals surface area contributed by atoms with Gasteiger partial charge in [0.2, 0.25) is 0 Å². The zero-order valence-electron chi connectivity index (χ0n) is 12.0. The standard InChI is InChI=1S/C15H19ClF3NO2/c16-14-10(4-3-7-12(14)21)8-20-9-13(15(17,18)19)22-11-5-1-2-6-11/h3-4,7,11,13,20-21H,1-2,5-6,8-9H2. The third kappa shape index (κ3) is 4.76. The zero-order chi connectivity index (χ0) is 16.2. The Bertz CT molecular complexity index is 490. The van der Waals surface area contributed by atoms with Crippen LogP contribution in [0.5, 0.6) is 5.75 Å². The third-order valence-corrected chi connectivity index (χ3v) is 4.16. The molecule has 1 aliphatic rings. The minimum absolute atomic E-state index is 0.0875. The maximum Gasteiger partial charge on any atom is 0.415 e. The van der Waals surface area contributed by atoms with Gasteiger partial charge in [0.25, 0.3) is 0 Å². The Morgan fingerprint density at radius 2 is 2.00 bits per heavy atom. The average Bonchev–Trinajstić information content (AvgIpc) is 2.94. The Morgan fingerprint density at radius 3 is 2.64 bits per heavy atom. The van der Waals surface area contributed by atoms with Gasteiger partial charge in [-0.3, -0.25) is 0 Å². The molecule has 0 amide bonds. The summed E-state index contributed by atoms with van der Waals surface area (Å²) in [6.07, 6.45) is -3.33. The van der Waals surface area contributed by atoms with Gasteiger partial charge < -0.3 is 15.2 Å². The summed E-state index contributed by atoms with van der Waals surface area (Å²) >= 11 is 5.89. The number of alkyl halides is 3. The Kier molecular flexibility index (Phi) is 5.94. The first-order chi connectivity index (χ1) is 10.4. The van der Waals surface area contributed by atoms with E-state index in [4.69, 9.17) is 16.3 Å². The van der Waals surface area contributed by atoms with E-state index in [-0.39, 0.29) is 30.0 Å². The van der Waals surface area contributed by atoms with Crippen LogP contribution < -0.4 is 5.32 Å². The molecule has 1 aromatic rings. The number of halogens is 4. The predicted molar refractivity (Wildman–Crippen MR) is 78.0 cm³/mol. The molecule has 0 radical (unpaired) electrons. The molecule has 1 unspecified atom stereocenters. The van der Waals surface area contributed by atoms with Crippen molar-refractivity contribution in [2.45, 2.75) is 50.6 Å². The molecular formula is C15H19ClF3NO2. The summed E-state index contributed by atoms with van der Waals surface area (Å²) < 4.78 is 44.2. The van der Waals surface area contributed by atoms with Gasteiger partial charge in [-0.25, -0.2) is 0 Å². The molecule has 2 N–H and O–H groups in total. The van der Waals surface area contributed by atoms with Crippen molar-refractivity contribution in [1.29, 1.82) is 0 Å². The molecule has 0 heterocycles. The molecule has 1 saturated carbocycles. The molecule has 0 spiro atoms. The Balaban J connectivity index is 1.89. The Labute approximate surface area is 132 Å². The van der Waals surface area contributed by atoms with E-state index in [0.29, 0.717) is 18.4 Å². The molecule has 7 heteroatoms. The second-order valence-corrected chi connectivity index (χ2v) is 5.83. The summed E-state index contributed by atoms with van der Waals surface area (Å²) in [6, 6.07) is 4.66. The Hall–Kier alpha value is -0.980. The van der Waals surface area contributed by atoms with Gasteiger partial charge in [-0.2, -0.15) is 13.2 Å². The lowest BCUT2D eigenvalue weighted by Crippen LogP contribution is -2.42. The minimum Gasteiger partial charge on any atom is -0.506 e. The molecule has 0 saturated heterocycles. The highest BCUT2D eigenvalue weighted by Crippen LogP contribution is 2.29. The number of ether oxygens (including phenoxy) is 1. The van der Waals surface area contributed by atoms with Crippen LogP contribution in [0.15, 0.2) is 18.2 Å². The lowest BCUT2D eigenvalue weighted by atomic mass is 10.2. The van der Waals surface area contributed by atoms with E-state index in [2.05, 4.69) is 5.32 Å². The summed E-state index contributed by atoms with van der Waals surface area (Å²) in [4.78, 5) is 0. The predicted octanol–water partition coefficient (Wildman–Crippen LogP) is 4.03. The van der Waals surface area contributed by atoms with E-state index in [1.54, 1.807) is 12.1 Å². The molecule has 1 aliphatic carbocycles. The molecule has 2 rings (SSSR count). The number of hydrogen-bond acceptors (Lipinski definition) is 3. The first-order valence-electron chi connectivity index (χ1n) is 7.27. The number of aromatic hydroxyl groups is 1. The normalized spacial score (nSPS) is 17.8. The monoisotopic (exact) mass is 337 g/mol. The van der Waals surface area contributed by atoms with E-state index in [0.717, 1.165) is 12.8 Å². The van der Waals surface area contributed by atoms with Gasteiger partial charge in [-0.15, -0.1) is 0 Å². The lowest BCUT2D eigenvalue weighted by Gasteiger charge is -2.24. The number of nitrogens with one attached hydrogen (secondary N) is 1. The maximum absolute atomic E-state index is 13.0. The van der Waals surface area contributed by atoms with E-state index < -0.39 is 12.3 Å². The van der Waals surface area contributed by atoms with Gasteiger partial charge in [-0.1, -0.05) is 36.6 Å². The lowest BCUT2D eigenvalue weighted by molar-refractivity contribution is -0.230. The molecule has 3 nitrogen and oxygen atoms in total. The van der Waals surface area contributed by atoms with Crippen LogP contribution in [0.2, 0.25) is 5.02 Å². The van der Waals surface area contributed by atoms with Crippen LogP contribution in [0.3, 0.4) is 0 Å². The van der Waals surface area contributed by atoms with Crippen molar-refractivity contribution in [2.24, 2.45) is 0 Å². The van der Waals surface area contributed by atoms with Crippen molar-refractivity contribution in [1.82, 2.24) is 5.32 Å². The van der Waals surface area contributed by atoms with E-state index >= 15 is 0 Å². The molecule has 124 valence electrons. The van der Waals surface area contributed by atoms with Crippen molar-refractivity contribution in [3.05, 3.63) is 28.8 Å². The molecular weight excluding hydrogens is 319 g/mol. The fourth-order valence-electron chi connectivity index (χ4n) is 2.54. The van der Waals surface area contributed by atoms with Gasteiger partial charge in [0.05, 0.1) is 11.1 Å². The van der Waals surface area contributed by atoms with Crippen LogP contribution in [-0.4, -0.2) is 30.0 Å². The molecule has 1 atom stereocenters. The number of hydrogen-bond donors (Lipinski definition) is 2. The molecule has 22 heavy (non-hydrogen) atoms. The van der Waals surface area contributed by atoms with Gasteiger partial charge in [-0.05, 0) is 24.5 Å². The fraction of sp³-hybridized carbons (Fsp3) is 0.600. The number of phenols is 1. The largest absolute Gasteiger partial charge is 0.506 e. The number of rotatable bonds is 6. The molecule has 0 bridgehead atoms. The minimum atomic E-state index is -4.40. The number of phenolic OH excluding ortho intramolecular Hbond substituents is 1. The van der Waals surface area contributed by atoms with E-state index in [1.807, 2.05) is 0 Å². The van der Waals surface area contributed by atoms with Gasteiger partial charge in [0.1, 0.15) is 5.75 Å². The second kappa shape index (κ2) is 7.53. The SMILES string of the molecule is Oc1cccc(CNCC(OC2CCCC2)C(F)(F)F)c1Cl. The summed E-state index contributed by atoms with van der Waals surface area (Å²) in [5.41, 5.74) is 0.545. The highest BCUT2D eigenvalue weighted by Gasteiger charge is 2.42. The van der Waals surface area contributed by atoms with Gasteiger partial charge in [0, 0.05) is 13.1 Å².